The molecule has 5 N–H and O–H groups in total. The molecule has 0 bridgehead atoms. The van der Waals surface area contributed by atoms with Crippen molar-refractivity contribution in [3.05, 3.63) is 11.6 Å². The van der Waals surface area contributed by atoms with E-state index in [2.05, 4.69) is 0 Å². The van der Waals surface area contributed by atoms with Gasteiger partial charge in [0.25, 0.3) is 0 Å². The molecular formula is C26H44O10. The number of unbranched alkanes of at least 4 members (excludes halogenated alkanes) is 5. The smallest absolute Gasteiger partial charge is 0.330 e. The molecule has 0 aromatic carbocycles. The highest BCUT2D eigenvalue weighted by molar-refractivity contribution is 5.82. The second-order valence-electron chi connectivity index (χ2n) is 10.5. The number of aliphatic hydroxyl groups is 4. The van der Waals surface area contributed by atoms with Gasteiger partial charge in [0.05, 0.1) is 37.6 Å². The molecule has 0 amide bonds. The third-order valence-corrected chi connectivity index (χ3v) is 7.17. The Morgan fingerprint density at radius 2 is 1.72 bits per heavy atom. The van der Waals surface area contributed by atoms with Crippen molar-refractivity contribution in [3.63, 3.8) is 0 Å². The van der Waals surface area contributed by atoms with Crippen molar-refractivity contribution in [2.45, 2.75) is 121 Å². The van der Waals surface area contributed by atoms with Crippen LogP contribution >= 0.6 is 0 Å². The van der Waals surface area contributed by atoms with Crippen LogP contribution in [0, 0.1) is 5.92 Å². The van der Waals surface area contributed by atoms with Crippen LogP contribution in [0.25, 0.3) is 0 Å². The molecule has 2 rings (SSSR count). The van der Waals surface area contributed by atoms with Gasteiger partial charge in [0, 0.05) is 24.8 Å². The van der Waals surface area contributed by atoms with Gasteiger partial charge in [-0.2, -0.15) is 0 Å². The Hall–Kier alpha value is -1.56. The summed E-state index contributed by atoms with van der Waals surface area (Å²) in [5, 5.41) is 50.4. The minimum atomic E-state index is -1.67. The monoisotopic (exact) mass is 516 g/mol. The maximum atomic E-state index is 12.1. The molecule has 0 aromatic rings. The average Bonchev–Trinajstić information content (AvgIpc) is 3.56. The van der Waals surface area contributed by atoms with Gasteiger partial charge in [-0.3, -0.25) is 4.79 Å². The number of ether oxygens (including phenoxy) is 3. The normalized spacial score (nSPS) is 32.1. The zero-order valence-corrected chi connectivity index (χ0v) is 21.7. The van der Waals surface area contributed by atoms with Gasteiger partial charge in [-0.05, 0) is 33.1 Å². The van der Waals surface area contributed by atoms with Gasteiger partial charge in [-0.15, -0.1) is 0 Å². The molecule has 0 aliphatic carbocycles. The van der Waals surface area contributed by atoms with Crippen molar-refractivity contribution in [1.82, 2.24) is 0 Å². The summed E-state index contributed by atoms with van der Waals surface area (Å²) in [4.78, 5) is 22.5. The van der Waals surface area contributed by atoms with Crippen LogP contribution in [0.2, 0.25) is 0 Å². The Kier molecular flexibility index (Phi) is 12.3. The van der Waals surface area contributed by atoms with Crippen LogP contribution in [0.15, 0.2) is 11.6 Å². The molecule has 8 atom stereocenters. The lowest BCUT2D eigenvalue weighted by atomic mass is 9.82. The summed E-state index contributed by atoms with van der Waals surface area (Å²) in [5.41, 5.74) is -1.04. The van der Waals surface area contributed by atoms with E-state index in [0.29, 0.717) is 18.6 Å². The molecule has 2 aliphatic rings. The van der Waals surface area contributed by atoms with Crippen LogP contribution in [-0.2, 0) is 23.8 Å². The minimum absolute atomic E-state index is 0.0865. The van der Waals surface area contributed by atoms with Gasteiger partial charge in [-0.25, -0.2) is 4.79 Å². The lowest BCUT2D eigenvalue weighted by molar-refractivity contribution is -0.236. The van der Waals surface area contributed by atoms with Crippen molar-refractivity contribution in [2.24, 2.45) is 5.92 Å². The van der Waals surface area contributed by atoms with Gasteiger partial charge >= 0.3 is 11.9 Å². The van der Waals surface area contributed by atoms with Crippen LogP contribution in [0.1, 0.15) is 78.6 Å². The van der Waals surface area contributed by atoms with Crippen LogP contribution in [0.5, 0.6) is 0 Å². The number of aliphatic carboxylic acids is 1. The third kappa shape index (κ3) is 9.72. The summed E-state index contributed by atoms with van der Waals surface area (Å²) in [5.74, 6) is -1.37. The number of hydrogen-bond donors (Lipinski definition) is 5. The van der Waals surface area contributed by atoms with E-state index < -0.39 is 42.0 Å². The zero-order chi connectivity index (χ0) is 26.9. The number of hydrogen-bond acceptors (Lipinski definition) is 9. The Morgan fingerprint density at radius 1 is 1.08 bits per heavy atom. The third-order valence-electron chi connectivity index (χ3n) is 7.17. The Bertz CT molecular complexity index is 738. The van der Waals surface area contributed by atoms with Crippen LogP contribution in [0.4, 0.5) is 0 Å². The predicted octanol–water partition coefficient (Wildman–Crippen LogP) is 1.71. The summed E-state index contributed by atoms with van der Waals surface area (Å²) in [6.45, 7) is 5.35. The maximum Gasteiger partial charge on any atom is 0.330 e. The van der Waals surface area contributed by atoms with E-state index >= 15 is 0 Å². The summed E-state index contributed by atoms with van der Waals surface area (Å²) in [6.07, 6.45) is 2.29. The van der Waals surface area contributed by atoms with Gasteiger partial charge in [0.2, 0.25) is 0 Å². The zero-order valence-electron chi connectivity index (χ0n) is 21.7. The van der Waals surface area contributed by atoms with Crippen LogP contribution < -0.4 is 0 Å². The molecule has 0 aromatic heterocycles. The molecule has 2 aliphatic heterocycles. The molecule has 0 spiro atoms. The van der Waals surface area contributed by atoms with E-state index in [1.807, 2.05) is 6.92 Å². The van der Waals surface area contributed by atoms with E-state index in [4.69, 9.17) is 19.3 Å². The molecule has 0 radical (unpaired) electrons. The molecule has 2 fully saturated rings. The molecule has 2 heterocycles. The highest BCUT2D eigenvalue weighted by Gasteiger charge is 2.54. The number of carboxylic acids is 1. The second kappa shape index (κ2) is 14.4. The number of aliphatic hydroxyl groups excluding tert-OH is 3. The first-order chi connectivity index (χ1) is 16.9. The lowest BCUT2D eigenvalue weighted by Gasteiger charge is -2.43. The highest BCUT2D eigenvalue weighted by atomic mass is 16.6. The quantitative estimate of drug-likeness (QED) is 0.0882. The largest absolute Gasteiger partial charge is 0.481 e. The minimum Gasteiger partial charge on any atom is -0.481 e. The fourth-order valence-corrected chi connectivity index (χ4v) is 4.60. The first-order valence-corrected chi connectivity index (χ1v) is 13.0. The fourth-order valence-electron chi connectivity index (χ4n) is 4.60. The molecule has 0 unspecified atom stereocenters. The highest BCUT2D eigenvalue weighted by Crippen LogP contribution is 2.40. The van der Waals surface area contributed by atoms with Crippen molar-refractivity contribution >= 4 is 11.9 Å². The van der Waals surface area contributed by atoms with E-state index in [-0.39, 0.29) is 44.0 Å². The Balaban J connectivity index is 1.67. The molecule has 0 saturated carbocycles. The molecule has 2 saturated heterocycles. The van der Waals surface area contributed by atoms with E-state index in [1.165, 1.54) is 6.08 Å². The molecule has 36 heavy (non-hydrogen) atoms. The second-order valence-corrected chi connectivity index (χ2v) is 10.5. The van der Waals surface area contributed by atoms with E-state index in [9.17, 15) is 30.0 Å². The summed E-state index contributed by atoms with van der Waals surface area (Å²) >= 11 is 0. The number of carbonyl (C=O) groups is 2. The Morgan fingerprint density at radius 3 is 2.36 bits per heavy atom. The van der Waals surface area contributed by atoms with Gasteiger partial charge in [0.1, 0.15) is 17.8 Å². The summed E-state index contributed by atoms with van der Waals surface area (Å²) in [7, 11) is 0. The molecule has 208 valence electrons. The van der Waals surface area contributed by atoms with Crippen LogP contribution in [-0.4, -0.2) is 92.9 Å². The summed E-state index contributed by atoms with van der Waals surface area (Å²) < 4.78 is 16.5. The first-order valence-electron chi connectivity index (χ1n) is 13.0. The van der Waals surface area contributed by atoms with Crippen molar-refractivity contribution in [3.8, 4) is 0 Å². The van der Waals surface area contributed by atoms with Crippen molar-refractivity contribution < 1.29 is 49.3 Å². The molecule has 10 heteroatoms. The number of carboxylic acid groups (broad SMARTS) is 1. The SMILES string of the molecule is C/C(=C\C(=O)OCCCCCCCCC(=O)O)C[C@@H]1OC[C@](O)(C[C@@H]2O[C@H]2[C@@H](C)[C@H](C)O)[C@H](O)[C@H]1O. The predicted molar refractivity (Wildman–Crippen MR) is 130 cm³/mol. The van der Waals surface area contributed by atoms with E-state index in [0.717, 1.165) is 32.1 Å². The first kappa shape index (κ1) is 30.7. The maximum absolute atomic E-state index is 12.1. The number of esters is 1. The van der Waals surface area contributed by atoms with Gasteiger partial charge < -0.3 is 39.7 Å². The Labute approximate surface area is 213 Å². The molecule has 10 nitrogen and oxygen atoms in total. The van der Waals surface area contributed by atoms with Gasteiger partial charge in [0.15, 0.2) is 0 Å². The van der Waals surface area contributed by atoms with Crippen molar-refractivity contribution in [1.29, 1.82) is 0 Å². The van der Waals surface area contributed by atoms with E-state index in [1.54, 1.807) is 13.8 Å². The lowest BCUT2D eigenvalue weighted by Crippen LogP contribution is -2.61. The topological polar surface area (TPSA) is 166 Å². The van der Waals surface area contributed by atoms with Gasteiger partial charge in [-0.1, -0.05) is 38.2 Å². The van der Waals surface area contributed by atoms with Crippen LogP contribution in [0.3, 0.4) is 0 Å². The number of epoxide rings is 1. The average molecular weight is 517 g/mol. The number of rotatable bonds is 16. The summed E-state index contributed by atoms with van der Waals surface area (Å²) in [6, 6.07) is 0. The standard InChI is InChI=1S/C26H44O10/c1-16(13-22(30)34-11-9-7-5-4-6-8-10-21(28)29)12-19-23(31)25(32)26(33,15-35-19)14-20-24(36-20)17(2)18(3)27/h13,17-20,23-25,27,31-33H,4-12,14-15H2,1-3H3,(H,28,29)/b16-13+/t17-,18-,19-,20-,23-,24-,25+,26+/m0/s1. The number of carbonyl (C=O) groups excluding carboxylic acids is 1. The molecular weight excluding hydrogens is 472 g/mol. The van der Waals surface area contributed by atoms with Crippen molar-refractivity contribution in [2.75, 3.05) is 13.2 Å². The fraction of sp³-hybridized carbons (Fsp3) is 0.846.